The molecule has 0 amide bonds. The van der Waals surface area contributed by atoms with Crippen molar-refractivity contribution >= 4 is 50.5 Å². The number of hydrogen-bond donors (Lipinski definition) is 2. The van der Waals surface area contributed by atoms with E-state index in [0.29, 0.717) is 33.8 Å². The molecule has 0 atom stereocenters. The monoisotopic (exact) mass is 442 g/mol. The lowest BCUT2D eigenvalue weighted by molar-refractivity contribution is 0.473. The first-order valence-corrected chi connectivity index (χ1v) is 9.09. The smallest absolute Gasteiger partial charge is 0.231 e. The van der Waals surface area contributed by atoms with Crippen LogP contribution in [0.15, 0.2) is 68.5 Å². The quantitative estimate of drug-likeness (QED) is 0.377. The molecule has 0 saturated carbocycles. The van der Waals surface area contributed by atoms with Crippen LogP contribution in [0.2, 0.25) is 5.02 Å². The summed E-state index contributed by atoms with van der Waals surface area (Å²) in [5.74, 6) is 0.287. The van der Waals surface area contributed by atoms with Crippen LogP contribution in [0.4, 0.5) is 5.69 Å². The van der Waals surface area contributed by atoms with E-state index < -0.39 is 0 Å². The molecule has 5 nitrogen and oxygen atoms in total. The van der Waals surface area contributed by atoms with Crippen molar-refractivity contribution in [1.82, 2.24) is 4.98 Å². The summed E-state index contributed by atoms with van der Waals surface area (Å²) in [5.41, 5.74) is 2.78. The van der Waals surface area contributed by atoms with Gasteiger partial charge in [0.25, 0.3) is 0 Å². The number of aromatic nitrogens is 1. The fraction of sp³-hybridized carbons (Fsp3) is 0. The van der Waals surface area contributed by atoms with Crippen LogP contribution in [0.1, 0.15) is 5.56 Å². The molecular formula is C20H12BrClN2O3. The van der Waals surface area contributed by atoms with Crippen molar-refractivity contribution in [3.63, 3.8) is 0 Å². The number of aliphatic imine (C=N–C) groups is 1. The molecule has 134 valence electrons. The second kappa shape index (κ2) is 7.06. The van der Waals surface area contributed by atoms with Gasteiger partial charge in [-0.05, 0) is 42.5 Å². The Balaban J connectivity index is 1.72. The van der Waals surface area contributed by atoms with Gasteiger partial charge >= 0.3 is 0 Å². The van der Waals surface area contributed by atoms with Crippen LogP contribution in [0.25, 0.3) is 22.6 Å². The van der Waals surface area contributed by atoms with Gasteiger partial charge in [0.1, 0.15) is 17.0 Å². The first-order valence-electron chi connectivity index (χ1n) is 7.92. The van der Waals surface area contributed by atoms with E-state index in [2.05, 4.69) is 25.9 Å². The van der Waals surface area contributed by atoms with Gasteiger partial charge in [0.05, 0.1) is 16.3 Å². The van der Waals surface area contributed by atoms with E-state index in [1.54, 1.807) is 24.3 Å². The number of para-hydroxylation sites is 2. The number of hydrogen-bond acceptors (Lipinski definition) is 5. The summed E-state index contributed by atoms with van der Waals surface area (Å²) in [6, 6.07) is 15.5. The maximum absolute atomic E-state index is 10.2. The third-order valence-corrected chi connectivity index (χ3v) is 4.66. The minimum Gasteiger partial charge on any atom is -0.507 e. The fourth-order valence-corrected chi connectivity index (χ4v) is 3.43. The highest BCUT2D eigenvalue weighted by Crippen LogP contribution is 2.35. The third kappa shape index (κ3) is 3.54. The summed E-state index contributed by atoms with van der Waals surface area (Å²) < 4.78 is 6.44. The molecule has 27 heavy (non-hydrogen) atoms. The predicted octanol–water partition coefficient (Wildman–Crippen LogP) is 6.07. The number of oxazole rings is 1. The Labute approximate surface area is 167 Å². The average molecular weight is 444 g/mol. The maximum Gasteiger partial charge on any atom is 0.231 e. The number of benzene rings is 3. The number of aromatic hydroxyl groups is 2. The Morgan fingerprint density at radius 3 is 2.70 bits per heavy atom. The van der Waals surface area contributed by atoms with Crippen LogP contribution in [0, 0.1) is 0 Å². The highest BCUT2D eigenvalue weighted by atomic mass is 79.9. The van der Waals surface area contributed by atoms with Crippen LogP contribution in [0.5, 0.6) is 11.5 Å². The molecule has 4 rings (SSSR count). The summed E-state index contributed by atoms with van der Waals surface area (Å²) in [6.45, 7) is 0. The van der Waals surface area contributed by atoms with Gasteiger partial charge in [-0.15, -0.1) is 0 Å². The Hall–Kier alpha value is -2.83. The lowest BCUT2D eigenvalue weighted by Gasteiger charge is -2.04. The van der Waals surface area contributed by atoms with Gasteiger partial charge in [0, 0.05) is 16.3 Å². The van der Waals surface area contributed by atoms with Crippen LogP contribution < -0.4 is 0 Å². The largest absolute Gasteiger partial charge is 0.507 e. The van der Waals surface area contributed by atoms with Gasteiger partial charge in [-0.2, -0.15) is 0 Å². The summed E-state index contributed by atoms with van der Waals surface area (Å²) in [5, 5.41) is 20.5. The molecule has 0 spiro atoms. The summed E-state index contributed by atoms with van der Waals surface area (Å²) >= 11 is 9.30. The Morgan fingerprint density at radius 1 is 1.07 bits per heavy atom. The standard InChI is InChI=1S/C20H12BrClN2O3/c21-12-7-11(19(26)15(22)8-12)10-23-13-5-6-17(25)14(9-13)20-24-16-3-1-2-4-18(16)27-20/h1-10,25-26H. The zero-order chi connectivity index (χ0) is 19.0. The molecule has 0 aliphatic carbocycles. The molecule has 3 aromatic carbocycles. The summed E-state index contributed by atoms with van der Waals surface area (Å²) in [7, 11) is 0. The molecule has 0 bridgehead atoms. The Bertz CT molecular complexity index is 1150. The van der Waals surface area contributed by atoms with Crippen molar-refractivity contribution in [3.05, 3.63) is 69.7 Å². The molecule has 4 aromatic rings. The van der Waals surface area contributed by atoms with Gasteiger partial charge in [0.2, 0.25) is 5.89 Å². The molecule has 2 N–H and O–H groups in total. The minimum absolute atomic E-state index is 0.0360. The van der Waals surface area contributed by atoms with Gasteiger partial charge in [0.15, 0.2) is 5.58 Å². The molecule has 1 aromatic heterocycles. The summed E-state index contributed by atoms with van der Waals surface area (Å²) in [6.07, 6.45) is 1.49. The van der Waals surface area contributed by atoms with Gasteiger partial charge in [-0.1, -0.05) is 39.7 Å². The number of nitrogens with zero attached hydrogens (tertiary/aromatic N) is 2. The number of rotatable bonds is 3. The van der Waals surface area contributed by atoms with Crippen LogP contribution >= 0.6 is 27.5 Å². The zero-order valence-corrected chi connectivity index (χ0v) is 16.1. The first-order chi connectivity index (χ1) is 13.0. The van der Waals surface area contributed by atoms with Crippen molar-refractivity contribution in [2.75, 3.05) is 0 Å². The molecule has 0 aliphatic heterocycles. The number of halogens is 2. The second-order valence-corrected chi connectivity index (χ2v) is 7.09. The average Bonchev–Trinajstić information content (AvgIpc) is 3.08. The Morgan fingerprint density at radius 2 is 1.89 bits per heavy atom. The number of phenolic OH excluding ortho intramolecular Hbond substituents is 2. The van der Waals surface area contributed by atoms with Gasteiger partial charge in [-0.25, -0.2) is 4.98 Å². The Kier molecular flexibility index (Phi) is 4.59. The SMILES string of the molecule is Oc1ccc(N=Cc2cc(Br)cc(Cl)c2O)cc1-c1nc2ccccc2o1. The zero-order valence-electron chi connectivity index (χ0n) is 13.7. The molecule has 0 radical (unpaired) electrons. The third-order valence-electron chi connectivity index (χ3n) is 3.91. The van der Waals surface area contributed by atoms with Crippen LogP contribution in [-0.4, -0.2) is 21.4 Å². The molecule has 0 fully saturated rings. The van der Waals surface area contributed by atoms with Crippen LogP contribution in [-0.2, 0) is 0 Å². The molecule has 1 heterocycles. The highest BCUT2D eigenvalue weighted by Gasteiger charge is 2.13. The first kappa shape index (κ1) is 17.6. The van der Waals surface area contributed by atoms with E-state index >= 15 is 0 Å². The molecule has 0 aliphatic rings. The topological polar surface area (TPSA) is 78.9 Å². The molecule has 0 unspecified atom stereocenters. The van der Waals surface area contributed by atoms with Crippen LogP contribution in [0.3, 0.4) is 0 Å². The van der Waals surface area contributed by atoms with E-state index in [1.165, 1.54) is 12.3 Å². The highest BCUT2D eigenvalue weighted by molar-refractivity contribution is 9.10. The normalized spacial score (nSPS) is 11.5. The minimum atomic E-state index is -0.0541. The van der Waals surface area contributed by atoms with E-state index in [9.17, 15) is 10.2 Å². The predicted molar refractivity (Wildman–Crippen MR) is 109 cm³/mol. The van der Waals surface area contributed by atoms with Crippen molar-refractivity contribution in [1.29, 1.82) is 0 Å². The van der Waals surface area contributed by atoms with Crippen molar-refractivity contribution in [2.24, 2.45) is 4.99 Å². The van der Waals surface area contributed by atoms with Gasteiger partial charge in [-0.3, -0.25) is 4.99 Å². The maximum atomic E-state index is 10.2. The van der Waals surface area contributed by atoms with E-state index in [0.717, 1.165) is 4.47 Å². The molecule has 7 heteroatoms. The lowest BCUT2D eigenvalue weighted by atomic mass is 10.1. The van der Waals surface area contributed by atoms with E-state index in [1.807, 2.05) is 24.3 Å². The summed E-state index contributed by atoms with van der Waals surface area (Å²) in [4.78, 5) is 8.75. The van der Waals surface area contributed by atoms with Gasteiger partial charge < -0.3 is 14.6 Å². The lowest BCUT2D eigenvalue weighted by Crippen LogP contribution is -1.84. The fourth-order valence-electron chi connectivity index (χ4n) is 2.59. The number of phenols is 2. The van der Waals surface area contributed by atoms with Crippen molar-refractivity contribution in [2.45, 2.75) is 0 Å². The number of fused-ring (bicyclic) bond motifs is 1. The second-order valence-electron chi connectivity index (χ2n) is 5.77. The van der Waals surface area contributed by atoms with E-state index in [4.69, 9.17) is 16.0 Å². The van der Waals surface area contributed by atoms with E-state index in [-0.39, 0.29) is 16.5 Å². The molecule has 0 saturated heterocycles. The molecular weight excluding hydrogens is 432 g/mol. The van der Waals surface area contributed by atoms with Crippen molar-refractivity contribution in [3.8, 4) is 23.0 Å². The van der Waals surface area contributed by atoms with Crippen molar-refractivity contribution < 1.29 is 14.6 Å².